The molecule has 1 fully saturated rings. The zero-order chi connectivity index (χ0) is 10.4. The van der Waals surface area contributed by atoms with Gasteiger partial charge in [0.2, 0.25) is 0 Å². The molecular weight excluding hydrogens is 174 g/mol. The topological polar surface area (TPSA) is 32.3 Å². The van der Waals surface area contributed by atoms with E-state index in [1.54, 1.807) is 0 Å². The van der Waals surface area contributed by atoms with Crippen molar-refractivity contribution < 1.29 is 5.11 Å². The van der Waals surface area contributed by atoms with Gasteiger partial charge in [-0.1, -0.05) is 26.7 Å². The third kappa shape index (κ3) is 3.97. The molecule has 0 aliphatic heterocycles. The Kier molecular flexibility index (Phi) is 5.49. The molecule has 0 bridgehead atoms. The van der Waals surface area contributed by atoms with Crippen molar-refractivity contribution in [1.82, 2.24) is 5.32 Å². The second-order valence-corrected chi connectivity index (χ2v) is 4.97. The van der Waals surface area contributed by atoms with Crippen molar-refractivity contribution in [3.63, 3.8) is 0 Å². The van der Waals surface area contributed by atoms with E-state index in [4.69, 9.17) is 0 Å². The van der Waals surface area contributed by atoms with Crippen molar-refractivity contribution in [2.45, 2.75) is 52.0 Å². The van der Waals surface area contributed by atoms with Crippen LogP contribution in [0.2, 0.25) is 0 Å². The molecule has 2 unspecified atom stereocenters. The number of hydrogen-bond donors (Lipinski definition) is 2. The summed E-state index contributed by atoms with van der Waals surface area (Å²) < 4.78 is 0. The largest absolute Gasteiger partial charge is 0.396 e. The lowest BCUT2D eigenvalue weighted by Gasteiger charge is -2.31. The lowest BCUT2D eigenvalue weighted by atomic mass is 9.85. The molecule has 0 heterocycles. The van der Waals surface area contributed by atoms with Crippen LogP contribution in [-0.2, 0) is 0 Å². The van der Waals surface area contributed by atoms with Crippen molar-refractivity contribution in [1.29, 1.82) is 0 Å². The molecule has 0 aromatic carbocycles. The molecule has 2 atom stereocenters. The highest BCUT2D eigenvalue weighted by Crippen LogP contribution is 2.23. The van der Waals surface area contributed by atoms with E-state index in [0.717, 1.165) is 12.5 Å². The molecular formula is C12H25NO. The highest BCUT2D eigenvalue weighted by Gasteiger charge is 2.23. The van der Waals surface area contributed by atoms with Crippen LogP contribution in [0.1, 0.15) is 46.0 Å². The summed E-state index contributed by atoms with van der Waals surface area (Å²) in [5.74, 6) is 1.29. The zero-order valence-corrected chi connectivity index (χ0v) is 9.63. The van der Waals surface area contributed by atoms with Crippen molar-refractivity contribution in [2.24, 2.45) is 11.8 Å². The highest BCUT2D eigenvalue weighted by molar-refractivity contribution is 4.80. The Balaban J connectivity index is 2.19. The van der Waals surface area contributed by atoms with Crippen molar-refractivity contribution in [3.8, 4) is 0 Å². The molecule has 0 radical (unpaired) electrons. The fraction of sp³-hybridized carbons (Fsp3) is 1.00. The van der Waals surface area contributed by atoms with Crippen LogP contribution in [-0.4, -0.2) is 24.3 Å². The fourth-order valence-electron chi connectivity index (χ4n) is 2.25. The van der Waals surface area contributed by atoms with Crippen LogP contribution in [0.3, 0.4) is 0 Å². The van der Waals surface area contributed by atoms with E-state index < -0.39 is 0 Å². The molecule has 2 nitrogen and oxygen atoms in total. The molecule has 1 aliphatic carbocycles. The monoisotopic (exact) mass is 199 g/mol. The summed E-state index contributed by atoms with van der Waals surface area (Å²) in [6, 6.07) is 0.576. The Hall–Kier alpha value is -0.0800. The summed E-state index contributed by atoms with van der Waals surface area (Å²) >= 11 is 0. The van der Waals surface area contributed by atoms with Gasteiger partial charge in [0.1, 0.15) is 0 Å². The average Bonchev–Trinajstić information content (AvgIpc) is 2.18. The second kappa shape index (κ2) is 6.41. The van der Waals surface area contributed by atoms with Gasteiger partial charge in [0.25, 0.3) is 0 Å². The first-order valence-electron chi connectivity index (χ1n) is 6.08. The van der Waals surface area contributed by atoms with E-state index >= 15 is 0 Å². The molecule has 1 aliphatic rings. The third-order valence-corrected chi connectivity index (χ3v) is 3.27. The third-order valence-electron chi connectivity index (χ3n) is 3.27. The molecule has 0 spiro atoms. The zero-order valence-electron chi connectivity index (χ0n) is 9.63. The van der Waals surface area contributed by atoms with Gasteiger partial charge in [0.05, 0.1) is 0 Å². The van der Waals surface area contributed by atoms with Gasteiger partial charge < -0.3 is 10.4 Å². The highest BCUT2D eigenvalue weighted by atomic mass is 16.3. The van der Waals surface area contributed by atoms with Crippen LogP contribution in [0.25, 0.3) is 0 Å². The van der Waals surface area contributed by atoms with Gasteiger partial charge in [0, 0.05) is 12.6 Å². The minimum Gasteiger partial charge on any atom is -0.396 e. The summed E-state index contributed by atoms with van der Waals surface area (Å²) in [7, 11) is 0. The molecule has 2 N–H and O–H groups in total. The van der Waals surface area contributed by atoms with Crippen LogP contribution in [0.15, 0.2) is 0 Å². The molecule has 1 saturated carbocycles. The fourth-order valence-corrected chi connectivity index (χ4v) is 2.25. The number of nitrogens with one attached hydrogen (secondary N) is 1. The second-order valence-electron chi connectivity index (χ2n) is 4.97. The van der Waals surface area contributed by atoms with Crippen molar-refractivity contribution in [3.05, 3.63) is 0 Å². The molecule has 0 saturated heterocycles. The molecule has 0 aromatic heterocycles. The lowest BCUT2D eigenvalue weighted by molar-refractivity contribution is 0.152. The van der Waals surface area contributed by atoms with E-state index in [1.807, 2.05) is 0 Å². The first-order valence-corrected chi connectivity index (χ1v) is 6.08. The standard InChI is InChI=1S/C12H25NO/c1-10(2)7-8-13-12-6-4-3-5-11(12)9-14/h10-14H,3-9H2,1-2H3. The minimum atomic E-state index is 0.360. The summed E-state index contributed by atoms with van der Waals surface area (Å²) in [4.78, 5) is 0. The van der Waals surface area contributed by atoms with E-state index in [9.17, 15) is 5.11 Å². The van der Waals surface area contributed by atoms with Gasteiger partial charge in [-0.25, -0.2) is 0 Å². The summed E-state index contributed by atoms with van der Waals surface area (Å²) in [6.45, 7) is 5.98. The summed E-state index contributed by atoms with van der Waals surface area (Å²) in [5, 5.41) is 12.8. The number of rotatable bonds is 5. The summed E-state index contributed by atoms with van der Waals surface area (Å²) in [6.07, 6.45) is 6.33. The lowest BCUT2D eigenvalue weighted by Crippen LogP contribution is -2.40. The minimum absolute atomic E-state index is 0.360. The van der Waals surface area contributed by atoms with E-state index in [0.29, 0.717) is 18.6 Å². The quantitative estimate of drug-likeness (QED) is 0.711. The van der Waals surface area contributed by atoms with Crippen LogP contribution in [0.5, 0.6) is 0 Å². The first kappa shape index (κ1) is 12.0. The average molecular weight is 199 g/mol. The van der Waals surface area contributed by atoms with Crippen LogP contribution in [0.4, 0.5) is 0 Å². The Morgan fingerprint density at radius 1 is 1.29 bits per heavy atom. The Labute approximate surface area is 88.1 Å². The normalized spacial score (nSPS) is 28.3. The number of hydrogen-bond acceptors (Lipinski definition) is 2. The molecule has 0 aromatic rings. The molecule has 2 heteroatoms. The van der Waals surface area contributed by atoms with E-state index in [1.165, 1.54) is 32.1 Å². The Bertz CT molecular complexity index is 147. The molecule has 0 amide bonds. The van der Waals surface area contributed by atoms with Gasteiger partial charge in [-0.3, -0.25) is 0 Å². The van der Waals surface area contributed by atoms with E-state index in [2.05, 4.69) is 19.2 Å². The van der Waals surface area contributed by atoms with Gasteiger partial charge in [0.15, 0.2) is 0 Å². The Morgan fingerprint density at radius 3 is 2.64 bits per heavy atom. The van der Waals surface area contributed by atoms with Crippen LogP contribution < -0.4 is 5.32 Å². The first-order chi connectivity index (χ1) is 6.74. The summed E-state index contributed by atoms with van der Waals surface area (Å²) in [5.41, 5.74) is 0. The molecule has 84 valence electrons. The van der Waals surface area contributed by atoms with Gasteiger partial charge in [-0.15, -0.1) is 0 Å². The molecule has 14 heavy (non-hydrogen) atoms. The van der Waals surface area contributed by atoms with Crippen LogP contribution >= 0.6 is 0 Å². The SMILES string of the molecule is CC(C)CCNC1CCCCC1CO. The Morgan fingerprint density at radius 2 is 2.00 bits per heavy atom. The van der Waals surface area contributed by atoms with Crippen LogP contribution in [0, 0.1) is 11.8 Å². The predicted molar refractivity (Wildman–Crippen MR) is 60.3 cm³/mol. The van der Waals surface area contributed by atoms with Gasteiger partial charge in [-0.2, -0.15) is 0 Å². The maximum Gasteiger partial charge on any atom is 0.0474 e. The van der Waals surface area contributed by atoms with Crippen molar-refractivity contribution >= 4 is 0 Å². The van der Waals surface area contributed by atoms with E-state index in [-0.39, 0.29) is 0 Å². The van der Waals surface area contributed by atoms with Gasteiger partial charge in [-0.05, 0) is 37.6 Å². The predicted octanol–water partition coefficient (Wildman–Crippen LogP) is 2.17. The maximum atomic E-state index is 9.23. The van der Waals surface area contributed by atoms with Crippen molar-refractivity contribution in [2.75, 3.05) is 13.2 Å². The number of aliphatic hydroxyl groups excluding tert-OH is 1. The maximum absolute atomic E-state index is 9.23. The molecule has 1 rings (SSSR count). The van der Waals surface area contributed by atoms with Gasteiger partial charge >= 0.3 is 0 Å². The number of aliphatic hydroxyl groups is 1. The smallest absolute Gasteiger partial charge is 0.0474 e.